The van der Waals surface area contributed by atoms with Crippen LogP contribution in [0.5, 0.6) is 0 Å². The zero-order chi connectivity index (χ0) is 10.6. The maximum absolute atomic E-state index is 11.1. The molecular formula is C8H11NO5. The lowest BCUT2D eigenvalue weighted by Gasteiger charge is -2.07. The van der Waals surface area contributed by atoms with Gasteiger partial charge in [0, 0.05) is 12.8 Å². The Bertz CT molecular complexity index is 262. The average molecular weight is 201 g/mol. The van der Waals surface area contributed by atoms with E-state index in [9.17, 15) is 14.4 Å². The second-order valence-electron chi connectivity index (χ2n) is 2.97. The molecule has 0 saturated carbocycles. The number of carbonyl (C=O) groups excluding carboxylic acids is 2. The van der Waals surface area contributed by atoms with Crippen LogP contribution >= 0.6 is 0 Å². The number of carboxylic acids is 1. The van der Waals surface area contributed by atoms with E-state index in [1.807, 2.05) is 0 Å². The van der Waals surface area contributed by atoms with Crippen molar-refractivity contribution in [1.29, 1.82) is 0 Å². The van der Waals surface area contributed by atoms with Crippen molar-refractivity contribution in [3.8, 4) is 0 Å². The molecule has 0 aromatic carbocycles. The van der Waals surface area contributed by atoms with Crippen molar-refractivity contribution in [3.05, 3.63) is 0 Å². The zero-order valence-electron chi connectivity index (χ0n) is 7.49. The van der Waals surface area contributed by atoms with E-state index in [2.05, 4.69) is 10.1 Å². The fourth-order valence-corrected chi connectivity index (χ4v) is 1.11. The molecule has 0 aliphatic carbocycles. The van der Waals surface area contributed by atoms with E-state index in [0.29, 0.717) is 13.0 Å². The Hall–Kier alpha value is -1.59. The molecule has 1 atom stereocenters. The van der Waals surface area contributed by atoms with E-state index in [1.165, 1.54) is 0 Å². The van der Waals surface area contributed by atoms with Gasteiger partial charge in [-0.1, -0.05) is 0 Å². The zero-order valence-corrected chi connectivity index (χ0v) is 7.49. The molecule has 1 aliphatic heterocycles. The summed E-state index contributed by atoms with van der Waals surface area (Å²) in [7, 11) is 0. The summed E-state index contributed by atoms with van der Waals surface area (Å²) < 4.78 is 4.62. The van der Waals surface area contributed by atoms with Crippen molar-refractivity contribution in [2.45, 2.75) is 25.3 Å². The summed E-state index contributed by atoms with van der Waals surface area (Å²) in [5.41, 5.74) is 0. The molecule has 1 fully saturated rings. The highest BCUT2D eigenvalue weighted by atomic mass is 16.5. The number of aliphatic carboxylic acids is 1. The number of amides is 1. The Balaban J connectivity index is 2.26. The van der Waals surface area contributed by atoms with Gasteiger partial charge in [-0.2, -0.15) is 0 Å². The van der Waals surface area contributed by atoms with Crippen LogP contribution in [0.4, 0.5) is 0 Å². The number of hydrogen-bond acceptors (Lipinski definition) is 4. The highest BCUT2D eigenvalue weighted by molar-refractivity contribution is 5.86. The molecule has 1 aliphatic rings. The van der Waals surface area contributed by atoms with Gasteiger partial charge in [0.25, 0.3) is 0 Å². The Labute approximate surface area is 80.2 Å². The minimum atomic E-state index is -1.03. The van der Waals surface area contributed by atoms with Gasteiger partial charge in [-0.15, -0.1) is 0 Å². The van der Waals surface area contributed by atoms with E-state index in [0.717, 1.165) is 0 Å². The van der Waals surface area contributed by atoms with Gasteiger partial charge in [0.05, 0.1) is 13.0 Å². The van der Waals surface area contributed by atoms with Crippen molar-refractivity contribution >= 4 is 17.8 Å². The lowest BCUT2D eigenvalue weighted by molar-refractivity contribution is -0.141. The van der Waals surface area contributed by atoms with Gasteiger partial charge >= 0.3 is 11.9 Å². The molecule has 0 unspecified atom stereocenters. The number of rotatable bonds is 4. The number of ether oxygens (including phenoxy) is 1. The van der Waals surface area contributed by atoms with Crippen LogP contribution in [-0.4, -0.2) is 35.6 Å². The molecule has 1 heterocycles. The SMILES string of the molecule is O=C(O)CCC(=O)N[C@H]1CCOC1=O. The van der Waals surface area contributed by atoms with Gasteiger partial charge in [0.2, 0.25) is 5.91 Å². The molecule has 1 amide bonds. The van der Waals surface area contributed by atoms with Crippen molar-refractivity contribution in [2.75, 3.05) is 6.61 Å². The molecule has 1 rings (SSSR count). The van der Waals surface area contributed by atoms with Gasteiger partial charge in [-0.25, -0.2) is 4.79 Å². The Morgan fingerprint density at radius 1 is 1.50 bits per heavy atom. The van der Waals surface area contributed by atoms with Crippen LogP contribution < -0.4 is 5.32 Å². The molecule has 0 radical (unpaired) electrons. The summed E-state index contributed by atoms with van der Waals surface area (Å²) in [6.07, 6.45) is 0.115. The van der Waals surface area contributed by atoms with E-state index in [-0.39, 0.29) is 12.8 Å². The summed E-state index contributed by atoms with van der Waals surface area (Å²) in [4.78, 5) is 32.1. The second-order valence-corrected chi connectivity index (χ2v) is 2.97. The number of nitrogens with one attached hydrogen (secondary N) is 1. The number of carbonyl (C=O) groups is 3. The number of hydrogen-bond donors (Lipinski definition) is 2. The Morgan fingerprint density at radius 3 is 2.71 bits per heavy atom. The standard InChI is InChI=1S/C8H11NO5/c10-6(1-2-7(11)12)9-5-3-4-14-8(5)13/h5H,1-4H2,(H,9,10)(H,11,12)/t5-/m0/s1. The molecule has 6 nitrogen and oxygen atoms in total. The maximum Gasteiger partial charge on any atom is 0.328 e. The van der Waals surface area contributed by atoms with Crippen LogP contribution in [0.25, 0.3) is 0 Å². The van der Waals surface area contributed by atoms with Crippen LogP contribution in [0.1, 0.15) is 19.3 Å². The quantitative estimate of drug-likeness (QED) is 0.586. The summed E-state index contributed by atoms with van der Waals surface area (Å²) in [6, 6.07) is -0.601. The number of cyclic esters (lactones) is 1. The third-order valence-corrected chi connectivity index (χ3v) is 1.84. The average Bonchev–Trinajstić information content (AvgIpc) is 2.49. The van der Waals surface area contributed by atoms with Gasteiger partial charge in [-0.3, -0.25) is 9.59 Å². The van der Waals surface area contributed by atoms with E-state index >= 15 is 0 Å². The first-order chi connectivity index (χ1) is 6.59. The highest BCUT2D eigenvalue weighted by Crippen LogP contribution is 2.05. The van der Waals surface area contributed by atoms with Crippen LogP contribution in [0.2, 0.25) is 0 Å². The summed E-state index contributed by atoms with van der Waals surface area (Å²) >= 11 is 0. The van der Waals surface area contributed by atoms with Crippen LogP contribution in [0.15, 0.2) is 0 Å². The van der Waals surface area contributed by atoms with Crippen molar-refractivity contribution in [3.63, 3.8) is 0 Å². The summed E-state index contributed by atoms with van der Waals surface area (Å²) in [5, 5.41) is 10.7. The minimum Gasteiger partial charge on any atom is -0.481 e. The first kappa shape index (κ1) is 10.5. The largest absolute Gasteiger partial charge is 0.481 e. The molecular weight excluding hydrogens is 190 g/mol. The first-order valence-corrected chi connectivity index (χ1v) is 4.27. The lowest BCUT2D eigenvalue weighted by Crippen LogP contribution is -2.37. The van der Waals surface area contributed by atoms with E-state index in [4.69, 9.17) is 5.11 Å². The fraction of sp³-hybridized carbons (Fsp3) is 0.625. The van der Waals surface area contributed by atoms with Crippen molar-refractivity contribution in [1.82, 2.24) is 5.32 Å². The molecule has 1 saturated heterocycles. The molecule has 0 aromatic rings. The highest BCUT2D eigenvalue weighted by Gasteiger charge is 2.27. The summed E-state index contributed by atoms with van der Waals surface area (Å²) in [6.45, 7) is 0.308. The Morgan fingerprint density at radius 2 is 2.21 bits per heavy atom. The van der Waals surface area contributed by atoms with Crippen molar-refractivity contribution < 1.29 is 24.2 Å². The van der Waals surface area contributed by atoms with Crippen LogP contribution in [0.3, 0.4) is 0 Å². The molecule has 14 heavy (non-hydrogen) atoms. The third-order valence-electron chi connectivity index (χ3n) is 1.84. The van der Waals surface area contributed by atoms with Gasteiger partial charge in [-0.05, 0) is 0 Å². The first-order valence-electron chi connectivity index (χ1n) is 4.27. The van der Waals surface area contributed by atoms with Gasteiger partial charge in [0.1, 0.15) is 6.04 Å². The number of carboxylic acid groups (broad SMARTS) is 1. The molecule has 0 aromatic heterocycles. The topological polar surface area (TPSA) is 92.7 Å². The summed E-state index contributed by atoms with van der Waals surface area (Å²) in [5.74, 6) is -1.92. The smallest absolute Gasteiger partial charge is 0.328 e. The number of esters is 1. The second kappa shape index (κ2) is 4.59. The molecule has 6 heteroatoms. The van der Waals surface area contributed by atoms with Crippen LogP contribution in [0, 0.1) is 0 Å². The predicted octanol–water partition coefficient (Wildman–Crippen LogP) is -0.717. The lowest BCUT2D eigenvalue weighted by atomic mass is 10.2. The van der Waals surface area contributed by atoms with Crippen LogP contribution in [-0.2, 0) is 19.1 Å². The molecule has 0 bridgehead atoms. The van der Waals surface area contributed by atoms with Gasteiger partial charge in [0.15, 0.2) is 0 Å². The fourth-order valence-electron chi connectivity index (χ4n) is 1.11. The molecule has 0 spiro atoms. The van der Waals surface area contributed by atoms with Gasteiger partial charge < -0.3 is 15.2 Å². The predicted molar refractivity (Wildman–Crippen MR) is 44.4 cm³/mol. The van der Waals surface area contributed by atoms with Crippen molar-refractivity contribution in [2.24, 2.45) is 0 Å². The third kappa shape index (κ3) is 3.04. The molecule has 2 N–H and O–H groups in total. The van der Waals surface area contributed by atoms with E-state index in [1.54, 1.807) is 0 Å². The normalized spacial score (nSPS) is 20.3. The molecule has 78 valence electrons. The monoisotopic (exact) mass is 201 g/mol. The minimum absolute atomic E-state index is 0.112. The maximum atomic E-state index is 11.1. The Kier molecular flexibility index (Phi) is 3.44. The van der Waals surface area contributed by atoms with E-state index < -0.39 is 23.9 Å².